The summed E-state index contributed by atoms with van der Waals surface area (Å²) in [6, 6.07) is 15.7. The second kappa shape index (κ2) is 7.97. The first-order valence-electron chi connectivity index (χ1n) is 9.79. The summed E-state index contributed by atoms with van der Waals surface area (Å²) in [5, 5.41) is 1.63. The Morgan fingerprint density at radius 1 is 1.04 bits per heavy atom. The van der Waals surface area contributed by atoms with E-state index in [2.05, 4.69) is 4.90 Å². The first kappa shape index (κ1) is 17.8. The normalized spacial score (nSPS) is 14.7. The summed E-state index contributed by atoms with van der Waals surface area (Å²) in [6.07, 6.45) is 5.50. The highest BCUT2D eigenvalue weighted by molar-refractivity contribution is 5.83. The largest absolute Gasteiger partial charge is 0.494 e. The Kier molecular flexibility index (Phi) is 5.26. The summed E-state index contributed by atoms with van der Waals surface area (Å²) >= 11 is 0. The Bertz CT molecular complexity index is 987. The number of aryl methyl sites for hydroxylation is 1. The maximum absolute atomic E-state index is 13.0. The quantitative estimate of drug-likeness (QED) is 0.618. The Morgan fingerprint density at radius 2 is 1.85 bits per heavy atom. The SMILES string of the molecule is Cc1ccccc1-n1ccc2ccc(OCCCN3CCCC3)cc2c1=O. The monoisotopic (exact) mass is 362 g/mol. The van der Waals surface area contributed by atoms with E-state index in [9.17, 15) is 4.79 Å². The molecule has 3 aromatic rings. The molecule has 1 aromatic heterocycles. The molecule has 0 unspecified atom stereocenters. The molecule has 0 bridgehead atoms. The molecule has 1 aliphatic heterocycles. The van der Waals surface area contributed by atoms with Crippen molar-refractivity contribution >= 4 is 10.8 Å². The average Bonchev–Trinajstić information content (AvgIpc) is 3.20. The minimum absolute atomic E-state index is 0.00989. The lowest BCUT2D eigenvalue weighted by molar-refractivity contribution is 0.263. The smallest absolute Gasteiger partial charge is 0.263 e. The summed E-state index contributed by atoms with van der Waals surface area (Å²) in [7, 11) is 0. The highest BCUT2D eigenvalue weighted by atomic mass is 16.5. The van der Waals surface area contributed by atoms with Crippen molar-refractivity contribution in [3.8, 4) is 11.4 Å². The van der Waals surface area contributed by atoms with E-state index in [1.807, 2.05) is 61.7 Å². The highest BCUT2D eigenvalue weighted by Crippen LogP contribution is 2.20. The molecule has 0 N–H and O–H groups in total. The highest BCUT2D eigenvalue weighted by Gasteiger charge is 2.11. The predicted octanol–water partition coefficient (Wildman–Crippen LogP) is 4.16. The zero-order valence-electron chi connectivity index (χ0n) is 15.9. The van der Waals surface area contributed by atoms with Gasteiger partial charge < -0.3 is 9.64 Å². The van der Waals surface area contributed by atoms with Crippen LogP contribution in [0.1, 0.15) is 24.8 Å². The molecule has 1 saturated heterocycles. The van der Waals surface area contributed by atoms with Crippen LogP contribution in [-0.2, 0) is 0 Å². The zero-order chi connectivity index (χ0) is 18.6. The fourth-order valence-electron chi connectivity index (χ4n) is 3.82. The molecule has 4 heteroatoms. The van der Waals surface area contributed by atoms with Gasteiger partial charge in [-0.2, -0.15) is 0 Å². The molecule has 4 rings (SSSR count). The number of likely N-dealkylation sites (tertiary alicyclic amines) is 1. The third-order valence-electron chi connectivity index (χ3n) is 5.34. The van der Waals surface area contributed by atoms with Gasteiger partial charge in [0.1, 0.15) is 5.75 Å². The number of hydrogen-bond acceptors (Lipinski definition) is 3. The van der Waals surface area contributed by atoms with Crippen LogP contribution < -0.4 is 10.3 Å². The number of fused-ring (bicyclic) bond motifs is 1. The summed E-state index contributed by atoms with van der Waals surface area (Å²) in [5.41, 5.74) is 1.99. The van der Waals surface area contributed by atoms with Crippen molar-refractivity contribution in [2.45, 2.75) is 26.2 Å². The van der Waals surface area contributed by atoms with Crippen LogP contribution in [0.2, 0.25) is 0 Å². The lowest BCUT2D eigenvalue weighted by atomic mass is 10.1. The van der Waals surface area contributed by atoms with Crippen LogP contribution >= 0.6 is 0 Å². The Labute approximate surface area is 160 Å². The molecule has 2 heterocycles. The Balaban J connectivity index is 1.53. The minimum atomic E-state index is -0.00989. The third-order valence-corrected chi connectivity index (χ3v) is 5.34. The summed E-state index contributed by atoms with van der Waals surface area (Å²) in [4.78, 5) is 15.5. The number of aromatic nitrogens is 1. The lowest BCUT2D eigenvalue weighted by Gasteiger charge is -2.14. The number of hydrogen-bond donors (Lipinski definition) is 0. The third kappa shape index (κ3) is 3.91. The van der Waals surface area contributed by atoms with Crippen molar-refractivity contribution < 1.29 is 4.74 Å². The van der Waals surface area contributed by atoms with Crippen LogP contribution in [0.4, 0.5) is 0 Å². The van der Waals surface area contributed by atoms with Crippen LogP contribution in [-0.4, -0.2) is 35.7 Å². The van der Waals surface area contributed by atoms with Gasteiger partial charge in [-0.1, -0.05) is 24.3 Å². The van der Waals surface area contributed by atoms with E-state index in [-0.39, 0.29) is 5.56 Å². The molecule has 1 fully saturated rings. The molecule has 0 saturated carbocycles. The molecule has 0 amide bonds. The van der Waals surface area contributed by atoms with Crippen LogP contribution in [0.5, 0.6) is 5.75 Å². The van der Waals surface area contributed by atoms with Gasteiger partial charge in [0.25, 0.3) is 5.56 Å². The first-order chi connectivity index (χ1) is 13.2. The second-order valence-corrected chi connectivity index (χ2v) is 7.28. The fraction of sp³-hybridized carbons (Fsp3) is 0.348. The molecule has 0 aliphatic carbocycles. The molecule has 0 radical (unpaired) electrons. The van der Waals surface area contributed by atoms with Gasteiger partial charge in [0.2, 0.25) is 0 Å². The summed E-state index contributed by atoms with van der Waals surface area (Å²) in [5.74, 6) is 0.767. The Morgan fingerprint density at radius 3 is 2.67 bits per heavy atom. The van der Waals surface area contributed by atoms with E-state index in [1.54, 1.807) is 4.57 Å². The number of para-hydroxylation sites is 1. The van der Waals surface area contributed by atoms with E-state index in [4.69, 9.17) is 4.74 Å². The van der Waals surface area contributed by atoms with Crippen molar-refractivity contribution in [1.29, 1.82) is 0 Å². The number of benzene rings is 2. The van der Waals surface area contributed by atoms with Crippen molar-refractivity contribution in [3.63, 3.8) is 0 Å². The van der Waals surface area contributed by atoms with E-state index in [1.165, 1.54) is 25.9 Å². The van der Waals surface area contributed by atoms with Crippen LogP contribution in [0.15, 0.2) is 59.5 Å². The van der Waals surface area contributed by atoms with Gasteiger partial charge in [-0.05, 0) is 74.5 Å². The first-order valence-corrected chi connectivity index (χ1v) is 9.79. The fourth-order valence-corrected chi connectivity index (χ4v) is 3.82. The molecule has 140 valence electrons. The van der Waals surface area contributed by atoms with Crippen LogP contribution in [0.3, 0.4) is 0 Å². The van der Waals surface area contributed by atoms with Gasteiger partial charge in [-0.15, -0.1) is 0 Å². The second-order valence-electron chi connectivity index (χ2n) is 7.28. The number of pyridine rings is 1. The van der Waals surface area contributed by atoms with Gasteiger partial charge in [0.15, 0.2) is 0 Å². The molecular formula is C23H26N2O2. The molecule has 1 aliphatic rings. The maximum atomic E-state index is 13.0. The number of ether oxygens (including phenoxy) is 1. The average molecular weight is 362 g/mol. The van der Waals surface area contributed by atoms with Gasteiger partial charge >= 0.3 is 0 Å². The van der Waals surface area contributed by atoms with Gasteiger partial charge in [0, 0.05) is 12.7 Å². The van der Waals surface area contributed by atoms with Crippen LogP contribution in [0.25, 0.3) is 16.5 Å². The van der Waals surface area contributed by atoms with E-state index >= 15 is 0 Å². The molecule has 4 nitrogen and oxygen atoms in total. The molecule has 0 atom stereocenters. The van der Waals surface area contributed by atoms with Gasteiger partial charge in [-0.3, -0.25) is 9.36 Å². The molecule has 27 heavy (non-hydrogen) atoms. The Hall–Kier alpha value is -2.59. The number of rotatable bonds is 6. The standard InChI is InChI=1S/C23H26N2O2/c1-18-7-2-3-8-22(18)25-15-11-19-9-10-20(17-21(19)23(25)26)27-16-6-14-24-12-4-5-13-24/h2-3,7-11,15,17H,4-6,12-14,16H2,1H3. The van der Waals surface area contributed by atoms with Crippen molar-refractivity contribution in [3.05, 3.63) is 70.6 Å². The maximum Gasteiger partial charge on any atom is 0.263 e. The van der Waals surface area contributed by atoms with Crippen molar-refractivity contribution in [2.75, 3.05) is 26.2 Å². The van der Waals surface area contributed by atoms with Gasteiger partial charge in [0.05, 0.1) is 17.7 Å². The molecule has 0 spiro atoms. The zero-order valence-corrected chi connectivity index (χ0v) is 15.9. The van der Waals surface area contributed by atoms with Crippen LogP contribution in [0, 0.1) is 6.92 Å². The molecule has 2 aromatic carbocycles. The van der Waals surface area contributed by atoms with E-state index in [0.717, 1.165) is 35.4 Å². The minimum Gasteiger partial charge on any atom is -0.494 e. The molecular weight excluding hydrogens is 336 g/mol. The van der Waals surface area contributed by atoms with Gasteiger partial charge in [-0.25, -0.2) is 0 Å². The van der Waals surface area contributed by atoms with E-state index < -0.39 is 0 Å². The number of nitrogens with zero attached hydrogens (tertiary/aromatic N) is 2. The predicted molar refractivity (Wildman–Crippen MR) is 110 cm³/mol. The lowest BCUT2D eigenvalue weighted by Crippen LogP contribution is -2.22. The van der Waals surface area contributed by atoms with E-state index in [0.29, 0.717) is 12.0 Å². The topological polar surface area (TPSA) is 34.5 Å². The summed E-state index contributed by atoms with van der Waals surface area (Å²) in [6.45, 7) is 6.23. The van der Waals surface area contributed by atoms with Crippen molar-refractivity contribution in [1.82, 2.24) is 9.47 Å². The summed E-state index contributed by atoms with van der Waals surface area (Å²) < 4.78 is 7.64. The van der Waals surface area contributed by atoms with Crippen molar-refractivity contribution in [2.24, 2.45) is 0 Å².